The molecule has 2 N–H and O–H groups in total. The Bertz CT molecular complexity index is 431. The van der Waals surface area contributed by atoms with Crippen LogP contribution in [0.25, 0.3) is 0 Å². The molecule has 1 atom stereocenters. The number of hydrogen-bond acceptors (Lipinski definition) is 2. The monoisotopic (exact) mass is 306 g/mol. The van der Waals surface area contributed by atoms with Crippen molar-refractivity contribution in [2.24, 2.45) is 5.73 Å². The van der Waals surface area contributed by atoms with Gasteiger partial charge in [0.2, 0.25) is 5.91 Å². The molecule has 0 radical (unpaired) electrons. The SMILES string of the molecule is NC1CC(=O)N(c2c(F)cc(Cl)cc2Br)C1. The molecule has 1 aromatic carbocycles. The Kier molecular flexibility index (Phi) is 3.19. The van der Waals surface area contributed by atoms with Gasteiger partial charge in [-0.1, -0.05) is 11.6 Å². The number of nitrogens with two attached hydrogens (primary N) is 1. The van der Waals surface area contributed by atoms with Crippen molar-refractivity contribution in [3.05, 3.63) is 27.4 Å². The number of nitrogens with zero attached hydrogens (tertiary/aromatic N) is 1. The molecular weight excluding hydrogens is 298 g/mol. The Hall–Kier alpha value is -0.650. The summed E-state index contributed by atoms with van der Waals surface area (Å²) in [6.45, 7) is 0.329. The highest BCUT2D eigenvalue weighted by Crippen LogP contribution is 2.34. The van der Waals surface area contributed by atoms with Gasteiger partial charge < -0.3 is 10.6 Å². The number of carbonyl (C=O) groups excluding carboxylic acids is 1. The Balaban J connectivity index is 2.44. The van der Waals surface area contributed by atoms with Crippen molar-refractivity contribution in [2.75, 3.05) is 11.4 Å². The predicted octanol–water partition coefficient (Wildman–Crippen LogP) is 2.31. The fourth-order valence-corrected chi connectivity index (χ4v) is 2.73. The zero-order valence-corrected chi connectivity index (χ0v) is 10.6. The van der Waals surface area contributed by atoms with Gasteiger partial charge >= 0.3 is 0 Å². The van der Waals surface area contributed by atoms with Crippen LogP contribution in [0.5, 0.6) is 0 Å². The molecule has 1 aliphatic rings. The number of anilines is 1. The van der Waals surface area contributed by atoms with Crippen LogP contribution in [0.2, 0.25) is 5.02 Å². The Morgan fingerprint density at radius 3 is 2.75 bits per heavy atom. The Morgan fingerprint density at radius 2 is 2.25 bits per heavy atom. The van der Waals surface area contributed by atoms with Crippen LogP contribution in [-0.2, 0) is 4.79 Å². The van der Waals surface area contributed by atoms with Crippen LogP contribution in [0.15, 0.2) is 16.6 Å². The van der Waals surface area contributed by atoms with E-state index in [1.165, 1.54) is 11.0 Å². The van der Waals surface area contributed by atoms with E-state index in [1.807, 2.05) is 0 Å². The zero-order chi connectivity index (χ0) is 11.9. The lowest BCUT2D eigenvalue weighted by Crippen LogP contribution is -2.29. The quantitative estimate of drug-likeness (QED) is 0.865. The fourth-order valence-electron chi connectivity index (χ4n) is 1.74. The van der Waals surface area contributed by atoms with Crippen molar-refractivity contribution in [1.82, 2.24) is 0 Å². The maximum atomic E-state index is 13.7. The summed E-state index contributed by atoms with van der Waals surface area (Å²) in [4.78, 5) is 12.9. The molecule has 1 amide bonds. The van der Waals surface area contributed by atoms with E-state index >= 15 is 0 Å². The third-order valence-electron chi connectivity index (χ3n) is 2.41. The Labute approximate surface area is 105 Å². The number of hydrogen-bond donors (Lipinski definition) is 1. The van der Waals surface area contributed by atoms with E-state index in [0.29, 0.717) is 11.0 Å². The van der Waals surface area contributed by atoms with Gasteiger partial charge in [0, 0.05) is 28.5 Å². The standard InChI is InChI=1S/C10H9BrClFN2O/c11-7-1-5(12)2-8(13)10(7)15-4-6(14)3-9(15)16/h1-2,6H,3-4,14H2. The highest BCUT2D eigenvalue weighted by molar-refractivity contribution is 9.10. The number of rotatable bonds is 1. The van der Waals surface area contributed by atoms with Crippen molar-refractivity contribution in [3.63, 3.8) is 0 Å². The van der Waals surface area contributed by atoms with E-state index in [0.717, 1.165) is 0 Å². The summed E-state index contributed by atoms with van der Waals surface area (Å²) in [6.07, 6.45) is 0.245. The van der Waals surface area contributed by atoms with E-state index < -0.39 is 5.82 Å². The predicted molar refractivity (Wildman–Crippen MR) is 64.1 cm³/mol. The van der Waals surface area contributed by atoms with E-state index in [-0.39, 0.29) is 29.1 Å². The van der Waals surface area contributed by atoms with Crippen LogP contribution in [0.4, 0.5) is 10.1 Å². The van der Waals surface area contributed by atoms with Crippen LogP contribution in [0, 0.1) is 5.82 Å². The van der Waals surface area contributed by atoms with Crippen LogP contribution in [0.3, 0.4) is 0 Å². The average Bonchev–Trinajstić information content (AvgIpc) is 2.43. The molecule has 0 spiro atoms. The molecule has 0 aromatic heterocycles. The second kappa shape index (κ2) is 4.31. The molecule has 16 heavy (non-hydrogen) atoms. The number of halogens is 3. The summed E-state index contributed by atoms with van der Waals surface area (Å²) < 4.78 is 14.2. The van der Waals surface area contributed by atoms with Gasteiger partial charge in [0.15, 0.2) is 0 Å². The second-order valence-corrected chi connectivity index (χ2v) is 4.98. The normalized spacial score (nSPS) is 20.6. The van der Waals surface area contributed by atoms with Gasteiger partial charge in [-0.05, 0) is 28.1 Å². The van der Waals surface area contributed by atoms with Crippen LogP contribution < -0.4 is 10.6 Å². The molecule has 1 unspecified atom stereocenters. The van der Waals surface area contributed by atoms with Gasteiger partial charge in [0.05, 0.1) is 5.69 Å². The molecule has 0 saturated carbocycles. The third-order valence-corrected chi connectivity index (χ3v) is 3.23. The van der Waals surface area contributed by atoms with Gasteiger partial charge in [-0.2, -0.15) is 0 Å². The van der Waals surface area contributed by atoms with E-state index in [9.17, 15) is 9.18 Å². The van der Waals surface area contributed by atoms with Crippen LogP contribution >= 0.6 is 27.5 Å². The Morgan fingerprint density at radius 1 is 1.56 bits per heavy atom. The minimum atomic E-state index is -0.526. The average molecular weight is 308 g/mol. The van der Waals surface area contributed by atoms with E-state index in [4.69, 9.17) is 17.3 Å². The summed E-state index contributed by atoms with van der Waals surface area (Å²) in [6, 6.07) is 2.49. The molecule has 1 fully saturated rings. The molecule has 0 aliphatic carbocycles. The van der Waals surface area contributed by atoms with E-state index in [1.54, 1.807) is 6.07 Å². The number of carbonyl (C=O) groups is 1. The van der Waals surface area contributed by atoms with Gasteiger partial charge in [-0.3, -0.25) is 4.79 Å². The third kappa shape index (κ3) is 2.07. The first-order valence-electron chi connectivity index (χ1n) is 4.69. The van der Waals surface area contributed by atoms with Crippen LogP contribution in [-0.4, -0.2) is 18.5 Å². The largest absolute Gasteiger partial charge is 0.326 e. The number of amides is 1. The van der Waals surface area contributed by atoms with E-state index in [2.05, 4.69) is 15.9 Å². The van der Waals surface area contributed by atoms with Gasteiger partial charge in [-0.15, -0.1) is 0 Å². The van der Waals surface area contributed by atoms with Gasteiger partial charge in [0.25, 0.3) is 0 Å². The highest BCUT2D eigenvalue weighted by atomic mass is 79.9. The topological polar surface area (TPSA) is 46.3 Å². The molecule has 3 nitrogen and oxygen atoms in total. The van der Waals surface area contributed by atoms with Crippen molar-refractivity contribution in [3.8, 4) is 0 Å². The summed E-state index contributed by atoms with van der Waals surface area (Å²) in [5, 5.41) is 0.282. The van der Waals surface area contributed by atoms with Crippen molar-refractivity contribution in [2.45, 2.75) is 12.5 Å². The lowest BCUT2D eigenvalue weighted by molar-refractivity contribution is -0.117. The molecule has 1 heterocycles. The molecule has 6 heteroatoms. The molecular formula is C10H9BrClFN2O. The van der Waals surface area contributed by atoms with Crippen LogP contribution in [0.1, 0.15) is 6.42 Å². The minimum absolute atomic E-state index is 0.172. The maximum Gasteiger partial charge on any atom is 0.228 e. The summed E-state index contributed by atoms with van der Waals surface area (Å²) in [5.41, 5.74) is 5.87. The highest BCUT2D eigenvalue weighted by Gasteiger charge is 2.31. The lowest BCUT2D eigenvalue weighted by Gasteiger charge is -2.18. The minimum Gasteiger partial charge on any atom is -0.326 e. The summed E-state index contributed by atoms with van der Waals surface area (Å²) in [5.74, 6) is -0.698. The second-order valence-electron chi connectivity index (χ2n) is 3.69. The zero-order valence-electron chi connectivity index (χ0n) is 8.21. The molecule has 1 saturated heterocycles. The first-order chi connectivity index (χ1) is 7.49. The first-order valence-corrected chi connectivity index (χ1v) is 5.86. The summed E-state index contributed by atoms with van der Waals surface area (Å²) >= 11 is 8.89. The molecule has 1 aromatic rings. The summed E-state index contributed by atoms with van der Waals surface area (Å²) in [7, 11) is 0. The van der Waals surface area contributed by atoms with Crippen molar-refractivity contribution < 1.29 is 9.18 Å². The molecule has 86 valence electrons. The van der Waals surface area contributed by atoms with Crippen molar-refractivity contribution in [1.29, 1.82) is 0 Å². The molecule has 1 aliphatic heterocycles. The molecule has 0 bridgehead atoms. The fraction of sp³-hybridized carbons (Fsp3) is 0.300. The van der Waals surface area contributed by atoms with Gasteiger partial charge in [0.1, 0.15) is 5.82 Å². The van der Waals surface area contributed by atoms with Crippen molar-refractivity contribution >= 4 is 39.1 Å². The molecule has 2 rings (SSSR count). The maximum absolute atomic E-state index is 13.7. The number of benzene rings is 1. The first kappa shape index (κ1) is 11.8. The lowest BCUT2D eigenvalue weighted by atomic mass is 10.3. The smallest absolute Gasteiger partial charge is 0.228 e. The van der Waals surface area contributed by atoms with Gasteiger partial charge in [-0.25, -0.2) is 4.39 Å².